The molecule has 0 aliphatic heterocycles. The lowest BCUT2D eigenvalue weighted by Gasteiger charge is -2.15. The molecular weight excluding hydrogens is 247 g/mol. The van der Waals surface area contributed by atoms with E-state index in [0.29, 0.717) is 0 Å². The lowest BCUT2D eigenvalue weighted by Crippen LogP contribution is -2.00. The van der Waals surface area contributed by atoms with Gasteiger partial charge in [0.25, 0.3) is 0 Å². The summed E-state index contributed by atoms with van der Waals surface area (Å²) in [6.07, 6.45) is 8.74. The van der Waals surface area contributed by atoms with Gasteiger partial charge in [0.2, 0.25) is 0 Å². The standard InChI is InChI=1S/C7H14.C5H12.CH3O.2CH4.2CH3.Al/c1-7-5-3-2-4-6-7;1-4-5(2)3;1-2;;;;;/h7H,2-6H2,1H3;5H,4H2,1-3H3;1H3;2*1H4;2*1H3;/q;;-1;;;;;+1. The minimum absolute atomic E-state index is 0. The van der Waals surface area contributed by atoms with E-state index >= 15 is 0 Å². The summed E-state index contributed by atoms with van der Waals surface area (Å²) in [4.78, 5) is 0. The molecule has 0 atom stereocenters. The smallest absolute Gasteiger partial charge is 0.453 e. The van der Waals surface area contributed by atoms with Crippen molar-refractivity contribution in [3.05, 3.63) is 0 Å². The van der Waals surface area contributed by atoms with Crippen molar-refractivity contribution >= 4 is 14.5 Å². The minimum Gasteiger partial charge on any atom is -0.503 e. The fourth-order valence-electron chi connectivity index (χ4n) is 1.31. The first kappa shape index (κ1) is 27.8. The Morgan fingerprint density at radius 1 is 1.05 bits per heavy atom. The molecule has 0 N–H and O–H groups in total. The fourth-order valence-corrected chi connectivity index (χ4v) is 1.31. The van der Waals surface area contributed by atoms with Crippen LogP contribution in [0.15, 0.2) is 0 Å². The second-order valence-electron chi connectivity index (χ2n) is 5.83. The van der Waals surface area contributed by atoms with Crippen LogP contribution in [0.3, 0.4) is 0 Å². The van der Waals surface area contributed by atoms with Gasteiger partial charge in [-0.25, -0.2) is 0 Å². The van der Waals surface area contributed by atoms with E-state index in [1.807, 2.05) is 0 Å². The van der Waals surface area contributed by atoms with Crippen molar-refractivity contribution in [3.63, 3.8) is 0 Å². The highest BCUT2D eigenvalue weighted by molar-refractivity contribution is 6.48. The van der Waals surface area contributed by atoms with Gasteiger partial charge in [0.1, 0.15) is 0 Å². The predicted octanol–water partition coefficient (Wildman–Crippen LogP) is 6.80. The van der Waals surface area contributed by atoms with E-state index in [4.69, 9.17) is 3.79 Å². The zero-order chi connectivity index (χ0) is 13.7. The maximum Gasteiger partial charge on any atom is 0.453 e. The van der Waals surface area contributed by atoms with Crippen LogP contribution >= 0.6 is 0 Å². The van der Waals surface area contributed by atoms with Crippen molar-refractivity contribution in [2.75, 3.05) is 7.11 Å². The van der Waals surface area contributed by atoms with Crippen molar-refractivity contribution in [2.45, 2.75) is 92.6 Å². The van der Waals surface area contributed by atoms with Gasteiger partial charge >= 0.3 is 14.5 Å². The summed E-state index contributed by atoms with van der Waals surface area (Å²) in [5, 5.41) is 0. The number of hydrogen-bond donors (Lipinski definition) is 0. The lowest BCUT2D eigenvalue weighted by molar-refractivity contribution is 0.385. The number of hydrogen-bond acceptors (Lipinski definition) is 1. The van der Waals surface area contributed by atoms with Crippen molar-refractivity contribution in [1.29, 1.82) is 0 Å². The van der Waals surface area contributed by atoms with Crippen LogP contribution in [0.4, 0.5) is 0 Å². The molecular formula is C17H43AlO. The largest absolute Gasteiger partial charge is 0.503 e. The van der Waals surface area contributed by atoms with Gasteiger partial charge in [0, 0.05) is 7.11 Å². The molecule has 0 bridgehead atoms. The maximum atomic E-state index is 4.89. The maximum absolute atomic E-state index is 4.89. The van der Waals surface area contributed by atoms with E-state index in [2.05, 4.69) is 39.3 Å². The first-order chi connectivity index (χ1) is 7.93. The minimum atomic E-state index is -0.650. The number of rotatable bonds is 2. The summed E-state index contributed by atoms with van der Waals surface area (Å²) in [5.41, 5.74) is 0. The second kappa shape index (κ2) is 20.8. The van der Waals surface area contributed by atoms with Gasteiger partial charge in [0.15, 0.2) is 0 Å². The van der Waals surface area contributed by atoms with Crippen molar-refractivity contribution in [1.82, 2.24) is 0 Å². The van der Waals surface area contributed by atoms with Crippen molar-refractivity contribution in [3.8, 4) is 0 Å². The van der Waals surface area contributed by atoms with Crippen LogP contribution in [0, 0.1) is 11.8 Å². The van der Waals surface area contributed by atoms with Crippen LogP contribution in [0.5, 0.6) is 0 Å². The molecule has 1 saturated carbocycles. The zero-order valence-corrected chi connectivity index (χ0v) is 14.5. The Morgan fingerprint density at radius 3 is 1.47 bits per heavy atom. The van der Waals surface area contributed by atoms with E-state index in [0.717, 1.165) is 11.8 Å². The van der Waals surface area contributed by atoms with Gasteiger partial charge in [-0.1, -0.05) is 92.6 Å². The summed E-state index contributed by atoms with van der Waals surface area (Å²) in [6.45, 7) is 9.00. The van der Waals surface area contributed by atoms with Crippen LogP contribution in [-0.4, -0.2) is 21.6 Å². The van der Waals surface area contributed by atoms with Gasteiger partial charge < -0.3 is 3.79 Å². The molecule has 0 aromatic heterocycles. The molecule has 0 unspecified atom stereocenters. The first-order valence-electron chi connectivity index (χ1n) is 7.46. The van der Waals surface area contributed by atoms with Gasteiger partial charge in [-0.15, -0.1) is 0 Å². The predicted molar refractivity (Wildman–Crippen MR) is 95.3 cm³/mol. The van der Waals surface area contributed by atoms with Gasteiger partial charge in [-0.2, -0.15) is 0 Å². The van der Waals surface area contributed by atoms with E-state index < -0.39 is 14.5 Å². The highest BCUT2D eigenvalue weighted by Crippen LogP contribution is 2.22. The van der Waals surface area contributed by atoms with E-state index in [9.17, 15) is 0 Å². The molecule has 0 spiro atoms. The van der Waals surface area contributed by atoms with E-state index in [1.165, 1.54) is 38.5 Å². The average molecular weight is 291 g/mol. The summed E-state index contributed by atoms with van der Waals surface area (Å²) in [7, 11) is 1.76. The Balaban J connectivity index is -0.0000000866. The third-order valence-electron chi connectivity index (χ3n) is 3.18. The summed E-state index contributed by atoms with van der Waals surface area (Å²) in [6, 6.07) is 0. The molecule has 1 rings (SSSR count). The third-order valence-corrected chi connectivity index (χ3v) is 4.12. The molecule has 0 radical (unpaired) electrons. The Kier molecular flexibility index (Phi) is 30.4. The zero-order valence-electron chi connectivity index (χ0n) is 13.4. The van der Waals surface area contributed by atoms with Crippen molar-refractivity contribution in [2.24, 2.45) is 11.8 Å². The molecule has 0 aromatic rings. The second-order valence-corrected chi connectivity index (χ2v) is 8.40. The summed E-state index contributed by atoms with van der Waals surface area (Å²) in [5.74, 6) is 6.20. The van der Waals surface area contributed by atoms with Crippen molar-refractivity contribution < 1.29 is 3.79 Å². The van der Waals surface area contributed by atoms with Crippen LogP contribution in [-0.2, 0) is 3.79 Å². The normalized spacial score (nSPS) is 13.9. The average Bonchev–Trinajstić information content (AvgIpc) is 2.31. The Labute approximate surface area is 130 Å². The van der Waals surface area contributed by atoms with Crippen LogP contribution < -0.4 is 0 Å². The lowest BCUT2D eigenvalue weighted by atomic mass is 9.91. The van der Waals surface area contributed by atoms with Gasteiger partial charge in [-0.3, -0.25) is 0 Å². The molecule has 19 heavy (non-hydrogen) atoms. The molecule has 2 heteroatoms. The fraction of sp³-hybridized carbons (Fsp3) is 1.00. The molecule has 0 heterocycles. The molecule has 0 amide bonds. The monoisotopic (exact) mass is 290 g/mol. The summed E-state index contributed by atoms with van der Waals surface area (Å²) >= 11 is -0.650. The molecule has 1 nitrogen and oxygen atoms in total. The molecule has 1 fully saturated rings. The highest BCUT2D eigenvalue weighted by atomic mass is 27.2. The molecule has 1 aliphatic rings. The highest BCUT2D eigenvalue weighted by Gasteiger charge is 2.05. The van der Waals surface area contributed by atoms with Gasteiger partial charge in [0.05, 0.1) is 0 Å². The molecule has 120 valence electrons. The van der Waals surface area contributed by atoms with Crippen LogP contribution in [0.1, 0.15) is 81.1 Å². The van der Waals surface area contributed by atoms with Crippen LogP contribution in [0.25, 0.3) is 0 Å². The Bertz CT molecular complexity index is 121. The Hall–Kier alpha value is 0.492. The first-order valence-corrected chi connectivity index (χ1v) is 10.2. The van der Waals surface area contributed by atoms with E-state index in [-0.39, 0.29) is 14.9 Å². The SMILES string of the molecule is C.C.CC1CCCCC1.CCC(C)C.C[O][Al]([CH3])[CH3]. The van der Waals surface area contributed by atoms with E-state index in [1.54, 1.807) is 7.11 Å². The van der Waals surface area contributed by atoms with Crippen LogP contribution in [0.2, 0.25) is 11.6 Å². The summed E-state index contributed by atoms with van der Waals surface area (Å²) < 4.78 is 4.89. The van der Waals surface area contributed by atoms with Gasteiger partial charge in [-0.05, 0) is 11.8 Å². The topological polar surface area (TPSA) is 9.23 Å². The third kappa shape index (κ3) is 32.2. The molecule has 0 saturated heterocycles. The molecule has 1 aliphatic carbocycles. The Morgan fingerprint density at radius 2 is 1.37 bits per heavy atom. The quantitative estimate of drug-likeness (QED) is 0.508. The molecule has 0 aromatic carbocycles.